The van der Waals surface area contributed by atoms with E-state index < -0.39 is 0 Å². The van der Waals surface area contributed by atoms with Crippen molar-refractivity contribution in [1.29, 1.82) is 0 Å². The second-order valence-electron chi connectivity index (χ2n) is 4.32. The van der Waals surface area contributed by atoms with Gasteiger partial charge in [0.15, 0.2) is 5.78 Å². The lowest BCUT2D eigenvalue weighted by Gasteiger charge is -2.06. The first-order chi connectivity index (χ1) is 6.40. The Balaban J connectivity index is 4.27. The first-order valence-corrected chi connectivity index (χ1v) is 5.09. The van der Waals surface area contributed by atoms with Crippen molar-refractivity contribution in [3.63, 3.8) is 0 Å². The lowest BCUT2D eigenvalue weighted by atomic mass is 9.97. The minimum absolute atomic E-state index is 0.0113. The fourth-order valence-electron chi connectivity index (χ4n) is 1.07. The van der Waals surface area contributed by atoms with E-state index in [2.05, 4.69) is 11.8 Å². The zero-order valence-electron chi connectivity index (χ0n) is 9.90. The quantitative estimate of drug-likeness (QED) is 0.495. The average molecular weight is 192 g/mol. The molecule has 0 aromatic rings. The number of allylic oxidation sites excluding steroid dienone is 2. The molecule has 0 heterocycles. The Kier molecular flexibility index (Phi) is 5.23. The molecule has 0 atom stereocenters. The normalized spacial score (nSPS) is 11.9. The summed E-state index contributed by atoms with van der Waals surface area (Å²) in [5, 5.41) is 0. The Bertz CT molecular complexity index is 279. The van der Waals surface area contributed by atoms with E-state index in [0.29, 0.717) is 6.42 Å². The minimum atomic E-state index is -0.0113. The third-order valence-corrected chi connectivity index (χ3v) is 1.80. The highest BCUT2D eigenvalue weighted by atomic mass is 16.1. The van der Waals surface area contributed by atoms with Gasteiger partial charge in [-0.3, -0.25) is 4.79 Å². The Morgan fingerprint density at radius 2 is 1.93 bits per heavy atom. The van der Waals surface area contributed by atoms with Crippen LogP contribution in [0.25, 0.3) is 0 Å². The van der Waals surface area contributed by atoms with Crippen molar-refractivity contribution in [1.82, 2.24) is 0 Å². The number of ketones is 1. The van der Waals surface area contributed by atoms with Gasteiger partial charge in [-0.15, -0.1) is 0 Å². The van der Waals surface area contributed by atoms with Crippen LogP contribution in [0.4, 0.5) is 0 Å². The van der Waals surface area contributed by atoms with Crippen LogP contribution in [0.5, 0.6) is 0 Å². The summed E-state index contributed by atoms with van der Waals surface area (Å²) >= 11 is 0. The van der Waals surface area contributed by atoms with E-state index in [9.17, 15) is 4.79 Å². The average Bonchev–Trinajstić information content (AvgIpc) is 2.04. The van der Waals surface area contributed by atoms with Crippen molar-refractivity contribution in [2.24, 2.45) is 5.41 Å². The molecule has 0 saturated carbocycles. The second kappa shape index (κ2) is 5.65. The number of hydrogen-bond acceptors (Lipinski definition) is 1. The molecule has 0 rings (SSSR count). The van der Waals surface area contributed by atoms with Crippen LogP contribution in [0.15, 0.2) is 11.6 Å². The first kappa shape index (κ1) is 13.0. The van der Waals surface area contributed by atoms with Gasteiger partial charge in [-0.1, -0.05) is 24.8 Å². The van der Waals surface area contributed by atoms with E-state index in [1.54, 1.807) is 0 Å². The van der Waals surface area contributed by atoms with Gasteiger partial charge in [0.2, 0.25) is 0 Å². The molecule has 14 heavy (non-hydrogen) atoms. The molecule has 0 saturated heterocycles. The van der Waals surface area contributed by atoms with E-state index in [1.165, 1.54) is 0 Å². The predicted molar refractivity (Wildman–Crippen MR) is 60.9 cm³/mol. The van der Waals surface area contributed by atoms with Gasteiger partial charge in [0.05, 0.1) is 6.42 Å². The molecule has 1 heteroatoms. The maximum Gasteiger partial charge on any atom is 0.170 e. The summed E-state index contributed by atoms with van der Waals surface area (Å²) in [4.78, 5) is 11.5. The number of Topliss-reactive ketones (excluding diaryl/α,β-unsaturated/α-hetero) is 1. The molecule has 0 fully saturated rings. The van der Waals surface area contributed by atoms with Crippen molar-refractivity contribution in [2.45, 2.75) is 47.5 Å². The van der Waals surface area contributed by atoms with E-state index in [-0.39, 0.29) is 11.2 Å². The van der Waals surface area contributed by atoms with E-state index in [4.69, 9.17) is 0 Å². The molecule has 0 N–H and O–H groups in total. The van der Waals surface area contributed by atoms with Crippen LogP contribution in [0.3, 0.4) is 0 Å². The summed E-state index contributed by atoms with van der Waals surface area (Å²) in [5.41, 5.74) is 0.871. The number of rotatable bonds is 3. The minimum Gasteiger partial charge on any atom is -0.293 e. The predicted octanol–water partition coefficient (Wildman–Crippen LogP) is 3.35. The molecule has 0 aliphatic carbocycles. The maximum absolute atomic E-state index is 11.5. The van der Waals surface area contributed by atoms with Crippen LogP contribution < -0.4 is 0 Å². The molecule has 0 spiro atoms. The molecule has 0 aliphatic heterocycles. The zero-order valence-corrected chi connectivity index (χ0v) is 9.90. The number of carbonyl (C=O) groups is 1. The van der Waals surface area contributed by atoms with Crippen molar-refractivity contribution >= 4 is 5.78 Å². The van der Waals surface area contributed by atoms with Gasteiger partial charge < -0.3 is 0 Å². The van der Waals surface area contributed by atoms with Crippen molar-refractivity contribution in [3.05, 3.63) is 11.6 Å². The van der Waals surface area contributed by atoms with Crippen molar-refractivity contribution in [2.75, 3.05) is 0 Å². The van der Waals surface area contributed by atoms with Crippen LogP contribution in [0, 0.1) is 17.3 Å². The van der Waals surface area contributed by atoms with Crippen LogP contribution in [-0.2, 0) is 4.79 Å². The van der Waals surface area contributed by atoms with E-state index >= 15 is 0 Å². The third kappa shape index (κ3) is 5.59. The lowest BCUT2D eigenvalue weighted by molar-refractivity contribution is -0.114. The number of hydrogen-bond donors (Lipinski definition) is 0. The van der Waals surface area contributed by atoms with Crippen molar-refractivity contribution in [3.8, 4) is 11.8 Å². The zero-order chi connectivity index (χ0) is 11.2. The highest BCUT2D eigenvalue weighted by Gasteiger charge is 2.06. The van der Waals surface area contributed by atoms with Gasteiger partial charge in [-0.2, -0.15) is 0 Å². The van der Waals surface area contributed by atoms with Crippen LogP contribution in [0.1, 0.15) is 47.5 Å². The number of carbonyl (C=O) groups excluding carboxylic acids is 1. The molecule has 0 aromatic heterocycles. The molecule has 0 unspecified atom stereocenters. The van der Waals surface area contributed by atoms with Gasteiger partial charge in [-0.25, -0.2) is 0 Å². The summed E-state index contributed by atoms with van der Waals surface area (Å²) < 4.78 is 0. The molecule has 0 amide bonds. The molecule has 0 aliphatic rings. The van der Waals surface area contributed by atoms with Gasteiger partial charge in [-0.05, 0) is 39.7 Å². The molecular formula is C13H20O. The van der Waals surface area contributed by atoms with Gasteiger partial charge >= 0.3 is 0 Å². The monoisotopic (exact) mass is 192 g/mol. The standard InChI is InChI=1S/C13H20O/c1-6-11(7-2)12(14)9-8-10-13(3,4)5/h6H,7,9H2,1-5H3/b11-6+. The Morgan fingerprint density at radius 1 is 1.36 bits per heavy atom. The van der Waals surface area contributed by atoms with Crippen LogP contribution >= 0.6 is 0 Å². The highest BCUT2D eigenvalue weighted by Crippen LogP contribution is 2.10. The van der Waals surface area contributed by atoms with Gasteiger partial charge in [0, 0.05) is 5.41 Å². The smallest absolute Gasteiger partial charge is 0.170 e. The maximum atomic E-state index is 11.5. The summed E-state index contributed by atoms with van der Waals surface area (Å²) in [5.74, 6) is 6.15. The Morgan fingerprint density at radius 3 is 2.29 bits per heavy atom. The summed E-state index contributed by atoms with van der Waals surface area (Å²) in [6.45, 7) is 10.0. The van der Waals surface area contributed by atoms with E-state index in [1.807, 2.05) is 40.7 Å². The Hall–Kier alpha value is -1.03. The second-order valence-corrected chi connectivity index (χ2v) is 4.32. The van der Waals surface area contributed by atoms with Crippen LogP contribution in [0.2, 0.25) is 0 Å². The summed E-state index contributed by atoms with van der Waals surface area (Å²) in [6, 6.07) is 0. The lowest BCUT2D eigenvalue weighted by Crippen LogP contribution is -2.02. The van der Waals surface area contributed by atoms with Gasteiger partial charge in [0.25, 0.3) is 0 Å². The third-order valence-electron chi connectivity index (χ3n) is 1.80. The first-order valence-electron chi connectivity index (χ1n) is 5.09. The molecule has 78 valence electrons. The molecular weight excluding hydrogens is 172 g/mol. The summed E-state index contributed by atoms with van der Waals surface area (Å²) in [7, 11) is 0. The molecule has 1 nitrogen and oxygen atoms in total. The largest absolute Gasteiger partial charge is 0.293 e. The summed E-state index contributed by atoms with van der Waals surface area (Å²) in [6.07, 6.45) is 3.03. The van der Waals surface area contributed by atoms with Crippen LogP contribution in [-0.4, -0.2) is 5.78 Å². The Labute approximate surface area is 87.6 Å². The fourth-order valence-corrected chi connectivity index (χ4v) is 1.07. The topological polar surface area (TPSA) is 17.1 Å². The highest BCUT2D eigenvalue weighted by molar-refractivity contribution is 5.96. The molecule has 0 bridgehead atoms. The van der Waals surface area contributed by atoms with Crippen molar-refractivity contribution < 1.29 is 4.79 Å². The molecule has 0 aromatic carbocycles. The molecule has 0 radical (unpaired) electrons. The van der Waals surface area contributed by atoms with Gasteiger partial charge in [0.1, 0.15) is 0 Å². The fraction of sp³-hybridized carbons (Fsp3) is 0.615. The SMILES string of the molecule is C/C=C(\CC)C(=O)CC#CC(C)(C)C. The van der Waals surface area contributed by atoms with E-state index in [0.717, 1.165) is 12.0 Å².